The highest BCUT2D eigenvalue weighted by molar-refractivity contribution is 6.31. The summed E-state index contributed by atoms with van der Waals surface area (Å²) in [5, 5.41) is 12.9. The Labute approximate surface area is 98.8 Å². The number of nitrogens with one attached hydrogen (secondary N) is 1. The van der Waals surface area contributed by atoms with Gasteiger partial charge in [0.15, 0.2) is 11.6 Å². The molecular formula is C11H14ClFN2O. The van der Waals surface area contributed by atoms with Gasteiger partial charge in [0.05, 0.1) is 0 Å². The van der Waals surface area contributed by atoms with Crippen LogP contribution < -0.4 is 5.32 Å². The van der Waals surface area contributed by atoms with Crippen molar-refractivity contribution < 1.29 is 9.50 Å². The standard InChI is InChI=1S/C11H14ClFN2O/c12-9-1-2-10(16)11(13)8(9)7-15-5-3-14-4-6-15/h1-2,14,16H,3-7H2. The third-order valence-corrected chi connectivity index (χ3v) is 3.11. The Kier molecular flexibility index (Phi) is 3.63. The molecule has 0 aromatic heterocycles. The average molecular weight is 245 g/mol. The van der Waals surface area contributed by atoms with Gasteiger partial charge in [-0.05, 0) is 12.1 Å². The molecule has 1 saturated heterocycles. The van der Waals surface area contributed by atoms with E-state index in [1.54, 1.807) is 0 Å². The summed E-state index contributed by atoms with van der Waals surface area (Å²) in [7, 11) is 0. The summed E-state index contributed by atoms with van der Waals surface area (Å²) in [6.07, 6.45) is 0. The molecule has 0 saturated carbocycles. The molecule has 5 heteroatoms. The highest BCUT2D eigenvalue weighted by Crippen LogP contribution is 2.27. The number of piperazine rings is 1. The van der Waals surface area contributed by atoms with Crippen molar-refractivity contribution in [3.05, 3.63) is 28.5 Å². The largest absolute Gasteiger partial charge is 0.505 e. The minimum Gasteiger partial charge on any atom is -0.505 e. The molecule has 1 aromatic carbocycles. The van der Waals surface area contributed by atoms with Gasteiger partial charge in [0.1, 0.15) is 0 Å². The zero-order valence-corrected chi connectivity index (χ0v) is 9.60. The molecule has 1 aliphatic rings. The molecule has 0 aliphatic carbocycles. The number of phenols is 1. The number of phenolic OH excluding ortho intramolecular Hbond substituents is 1. The lowest BCUT2D eigenvalue weighted by Gasteiger charge is -2.27. The van der Waals surface area contributed by atoms with Crippen LogP contribution in [0.3, 0.4) is 0 Å². The van der Waals surface area contributed by atoms with Crippen molar-refractivity contribution in [2.75, 3.05) is 26.2 Å². The van der Waals surface area contributed by atoms with Gasteiger partial charge in [0.2, 0.25) is 0 Å². The van der Waals surface area contributed by atoms with Crippen molar-refractivity contribution in [2.24, 2.45) is 0 Å². The third-order valence-electron chi connectivity index (χ3n) is 2.76. The molecule has 1 aliphatic heterocycles. The molecule has 0 amide bonds. The molecule has 16 heavy (non-hydrogen) atoms. The number of nitrogens with zero attached hydrogens (tertiary/aromatic N) is 1. The molecule has 0 atom stereocenters. The second-order valence-corrected chi connectivity index (χ2v) is 4.29. The zero-order chi connectivity index (χ0) is 11.5. The summed E-state index contributed by atoms with van der Waals surface area (Å²) in [6, 6.07) is 2.80. The van der Waals surface area contributed by atoms with Crippen molar-refractivity contribution >= 4 is 11.6 Å². The Morgan fingerprint density at radius 2 is 2.06 bits per heavy atom. The second kappa shape index (κ2) is 4.99. The van der Waals surface area contributed by atoms with Crippen molar-refractivity contribution in [1.29, 1.82) is 0 Å². The Morgan fingerprint density at radius 3 is 2.75 bits per heavy atom. The molecule has 2 N–H and O–H groups in total. The lowest BCUT2D eigenvalue weighted by molar-refractivity contribution is 0.229. The summed E-state index contributed by atoms with van der Waals surface area (Å²) in [5.41, 5.74) is 0.378. The van der Waals surface area contributed by atoms with E-state index >= 15 is 0 Å². The number of halogens is 2. The van der Waals surface area contributed by atoms with Crippen LogP contribution in [0.15, 0.2) is 12.1 Å². The first-order chi connectivity index (χ1) is 7.68. The Balaban J connectivity index is 2.16. The van der Waals surface area contributed by atoms with Gasteiger partial charge in [0, 0.05) is 43.3 Å². The molecule has 1 fully saturated rings. The van der Waals surface area contributed by atoms with Gasteiger partial charge in [0.25, 0.3) is 0 Å². The van der Waals surface area contributed by atoms with E-state index < -0.39 is 5.82 Å². The number of aromatic hydroxyl groups is 1. The van der Waals surface area contributed by atoms with Gasteiger partial charge in [-0.2, -0.15) is 0 Å². The number of hydrogen-bond acceptors (Lipinski definition) is 3. The van der Waals surface area contributed by atoms with Gasteiger partial charge in [-0.25, -0.2) is 4.39 Å². The molecule has 2 rings (SSSR count). The van der Waals surface area contributed by atoms with Crippen LogP contribution in [0.2, 0.25) is 5.02 Å². The van der Waals surface area contributed by atoms with Gasteiger partial charge in [-0.3, -0.25) is 4.90 Å². The summed E-state index contributed by atoms with van der Waals surface area (Å²) in [4.78, 5) is 2.11. The van der Waals surface area contributed by atoms with Gasteiger partial charge in [-0.1, -0.05) is 11.6 Å². The number of benzene rings is 1. The van der Waals surface area contributed by atoms with Crippen molar-refractivity contribution in [2.45, 2.75) is 6.54 Å². The van der Waals surface area contributed by atoms with Gasteiger partial charge >= 0.3 is 0 Å². The summed E-state index contributed by atoms with van der Waals surface area (Å²) in [5.74, 6) is -0.944. The van der Waals surface area contributed by atoms with Crippen LogP contribution in [-0.4, -0.2) is 36.2 Å². The van der Waals surface area contributed by atoms with Crippen LogP contribution in [0.25, 0.3) is 0 Å². The fourth-order valence-electron chi connectivity index (χ4n) is 1.82. The van der Waals surface area contributed by atoms with E-state index in [9.17, 15) is 9.50 Å². The Hall–Kier alpha value is -0.840. The molecular weight excluding hydrogens is 231 g/mol. The summed E-state index contributed by atoms with van der Waals surface area (Å²) in [6.45, 7) is 3.98. The van der Waals surface area contributed by atoms with E-state index in [4.69, 9.17) is 11.6 Å². The molecule has 0 unspecified atom stereocenters. The maximum absolute atomic E-state index is 13.6. The van der Waals surface area contributed by atoms with E-state index in [1.165, 1.54) is 12.1 Å². The van der Waals surface area contributed by atoms with Crippen molar-refractivity contribution in [3.63, 3.8) is 0 Å². The van der Waals surface area contributed by atoms with Crippen molar-refractivity contribution in [3.8, 4) is 5.75 Å². The van der Waals surface area contributed by atoms with Crippen LogP contribution in [0, 0.1) is 5.82 Å². The Bertz CT molecular complexity index is 380. The fraction of sp³-hybridized carbons (Fsp3) is 0.455. The SMILES string of the molecule is Oc1ccc(Cl)c(CN2CCNCC2)c1F. The minimum absolute atomic E-state index is 0.338. The average Bonchev–Trinajstić information content (AvgIpc) is 2.31. The summed E-state index contributed by atoms with van der Waals surface area (Å²) < 4.78 is 13.6. The maximum atomic E-state index is 13.6. The first-order valence-electron chi connectivity index (χ1n) is 5.27. The fourth-order valence-corrected chi connectivity index (χ4v) is 2.03. The minimum atomic E-state index is -0.606. The smallest absolute Gasteiger partial charge is 0.170 e. The van der Waals surface area contributed by atoms with Crippen LogP contribution >= 0.6 is 11.6 Å². The molecule has 88 valence electrons. The van der Waals surface area contributed by atoms with Crippen LogP contribution in [0.5, 0.6) is 5.75 Å². The van der Waals surface area contributed by atoms with Crippen molar-refractivity contribution in [1.82, 2.24) is 10.2 Å². The lowest BCUT2D eigenvalue weighted by Crippen LogP contribution is -2.43. The summed E-state index contributed by atoms with van der Waals surface area (Å²) >= 11 is 5.93. The normalized spacial score (nSPS) is 17.6. The highest BCUT2D eigenvalue weighted by Gasteiger charge is 2.16. The predicted molar refractivity (Wildman–Crippen MR) is 61.2 cm³/mol. The quantitative estimate of drug-likeness (QED) is 0.830. The van der Waals surface area contributed by atoms with E-state index in [1.807, 2.05) is 0 Å². The van der Waals surface area contributed by atoms with Crippen LogP contribution in [0.1, 0.15) is 5.56 Å². The molecule has 3 nitrogen and oxygen atoms in total. The lowest BCUT2D eigenvalue weighted by atomic mass is 10.1. The maximum Gasteiger partial charge on any atom is 0.170 e. The second-order valence-electron chi connectivity index (χ2n) is 3.89. The first kappa shape index (κ1) is 11.6. The molecule has 0 radical (unpaired) electrons. The Morgan fingerprint density at radius 1 is 1.38 bits per heavy atom. The zero-order valence-electron chi connectivity index (χ0n) is 8.84. The van der Waals surface area contributed by atoms with E-state index in [0.717, 1.165) is 26.2 Å². The molecule has 1 aromatic rings. The topological polar surface area (TPSA) is 35.5 Å². The molecule has 1 heterocycles. The van der Waals surface area contributed by atoms with E-state index in [2.05, 4.69) is 10.2 Å². The van der Waals surface area contributed by atoms with E-state index in [-0.39, 0.29) is 5.75 Å². The predicted octanol–water partition coefficient (Wildman–Crippen LogP) is 1.59. The van der Waals surface area contributed by atoms with Gasteiger partial charge < -0.3 is 10.4 Å². The van der Waals surface area contributed by atoms with Crippen LogP contribution in [0.4, 0.5) is 4.39 Å². The molecule has 0 spiro atoms. The monoisotopic (exact) mass is 244 g/mol. The van der Waals surface area contributed by atoms with Crippen LogP contribution in [-0.2, 0) is 6.54 Å². The van der Waals surface area contributed by atoms with E-state index in [0.29, 0.717) is 17.1 Å². The van der Waals surface area contributed by atoms with Gasteiger partial charge in [-0.15, -0.1) is 0 Å². The third kappa shape index (κ3) is 2.45. The number of rotatable bonds is 2. The molecule has 0 bridgehead atoms. The number of hydrogen-bond donors (Lipinski definition) is 2. The first-order valence-corrected chi connectivity index (χ1v) is 5.65. The highest BCUT2D eigenvalue weighted by atomic mass is 35.5.